The largest absolute Gasteiger partial charge is 0.381 e. The van der Waals surface area contributed by atoms with Crippen molar-refractivity contribution < 1.29 is 17.9 Å². The van der Waals surface area contributed by atoms with E-state index < -0.39 is 14.3 Å². The number of amides is 1. The van der Waals surface area contributed by atoms with Gasteiger partial charge in [0.2, 0.25) is 15.0 Å². The summed E-state index contributed by atoms with van der Waals surface area (Å²) in [4.78, 5) is 13.2. The molecule has 2 fully saturated rings. The molecule has 0 aliphatic carbocycles. The molecule has 2 unspecified atom stereocenters. The van der Waals surface area contributed by atoms with Crippen molar-refractivity contribution in [2.45, 2.75) is 18.1 Å². The molecule has 0 radical (unpaired) electrons. The Morgan fingerprint density at radius 1 is 1.50 bits per heavy atom. The molecule has 2 heterocycles. The minimum Gasteiger partial charge on any atom is -0.381 e. The van der Waals surface area contributed by atoms with Crippen LogP contribution in [0, 0.1) is 5.92 Å². The van der Waals surface area contributed by atoms with Gasteiger partial charge in [0.05, 0.1) is 6.61 Å². The first-order valence-corrected chi connectivity index (χ1v) is 7.63. The van der Waals surface area contributed by atoms with Crippen molar-refractivity contribution in [3.63, 3.8) is 0 Å². The lowest BCUT2D eigenvalue weighted by Gasteiger charge is -2.19. The Labute approximate surface area is 99.1 Å². The molecule has 2 aliphatic heterocycles. The second-order valence-electron chi connectivity index (χ2n) is 4.33. The van der Waals surface area contributed by atoms with Gasteiger partial charge in [-0.1, -0.05) is 0 Å². The molecule has 92 valence electrons. The van der Waals surface area contributed by atoms with Gasteiger partial charge in [0.25, 0.3) is 0 Å². The molecule has 2 aliphatic rings. The second-order valence-corrected chi connectivity index (χ2v) is 7.24. The lowest BCUT2D eigenvalue weighted by molar-refractivity contribution is -0.128. The van der Waals surface area contributed by atoms with Crippen LogP contribution in [0.5, 0.6) is 0 Å². The molecule has 5 nitrogen and oxygen atoms in total. The van der Waals surface area contributed by atoms with Gasteiger partial charge >= 0.3 is 0 Å². The van der Waals surface area contributed by atoms with Gasteiger partial charge < -0.3 is 9.64 Å². The molecule has 16 heavy (non-hydrogen) atoms. The molecule has 0 aromatic heterocycles. The first kappa shape index (κ1) is 12.1. The number of nitrogens with zero attached hydrogens (tertiary/aromatic N) is 1. The molecule has 0 N–H and O–H groups in total. The third-order valence-electron chi connectivity index (χ3n) is 3.08. The lowest BCUT2D eigenvalue weighted by Crippen LogP contribution is -2.32. The van der Waals surface area contributed by atoms with E-state index in [-0.39, 0.29) is 18.9 Å². The Kier molecular flexibility index (Phi) is 3.42. The van der Waals surface area contributed by atoms with Crippen molar-refractivity contribution in [2.75, 3.05) is 26.3 Å². The molecule has 0 bridgehead atoms. The Hall–Kier alpha value is -0.330. The van der Waals surface area contributed by atoms with Gasteiger partial charge in [-0.25, -0.2) is 8.42 Å². The van der Waals surface area contributed by atoms with Crippen LogP contribution in [0.1, 0.15) is 12.8 Å². The fraction of sp³-hybridized carbons (Fsp3) is 0.889. The summed E-state index contributed by atoms with van der Waals surface area (Å²) in [5.74, 6) is 0.210. The predicted octanol–water partition coefficient (Wildman–Crippen LogP) is 0.192. The highest BCUT2D eigenvalue weighted by Crippen LogP contribution is 2.23. The molecule has 2 saturated heterocycles. The molecule has 0 spiro atoms. The number of rotatable bonds is 3. The summed E-state index contributed by atoms with van der Waals surface area (Å²) in [5, 5.41) is -0.746. The first-order valence-electron chi connectivity index (χ1n) is 5.26. The van der Waals surface area contributed by atoms with Gasteiger partial charge in [-0.3, -0.25) is 4.79 Å². The maximum absolute atomic E-state index is 11.6. The highest BCUT2D eigenvalue weighted by Gasteiger charge is 2.38. The minimum atomic E-state index is -3.62. The summed E-state index contributed by atoms with van der Waals surface area (Å²) >= 11 is 0. The summed E-state index contributed by atoms with van der Waals surface area (Å²) in [6, 6.07) is 0. The van der Waals surface area contributed by atoms with Crippen LogP contribution >= 0.6 is 10.7 Å². The van der Waals surface area contributed by atoms with Crippen LogP contribution in [-0.4, -0.2) is 50.8 Å². The lowest BCUT2D eigenvalue weighted by atomic mass is 10.1. The number of carbonyl (C=O) groups is 1. The predicted molar refractivity (Wildman–Crippen MR) is 58.7 cm³/mol. The maximum Gasteiger partial charge on any atom is 0.237 e. The zero-order valence-electron chi connectivity index (χ0n) is 8.76. The quantitative estimate of drug-likeness (QED) is 0.685. The number of ether oxygens (including phenoxy) is 1. The van der Waals surface area contributed by atoms with Crippen LogP contribution in [0.4, 0.5) is 0 Å². The highest BCUT2D eigenvalue weighted by molar-refractivity contribution is 8.14. The number of carbonyl (C=O) groups excluding carboxylic acids is 1. The van der Waals surface area contributed by atoms with E-state index >= 15 is 0 Å². The van der Waals surface area contributed by atoms with Crippen molar-refractivity contribution >= 4 is 25.6 Å². The van der Waals surface area contributed by atoms with Crippen LogP contribution in [0.3, 0.4) is 0 Å². The van der Waals surface area contributed by atoms with Gasteiger partial charge in [0.15, 0.2) is 0 Å². The standard InChI is InChI=1S/C9H14ClNO4S/c10-16(13,14)8-3-9(12)11(5-8)4-7-1-2-15-6-7/h7-8H,1-6H2. The van der Waals surface area contributed by atoms with Crippen molar-refractivity contribution in [2.24, 2.45) is 5.92 Å². The highest BCUT2D eigenvalue weighted by atomic mass is 35.7. The fourth-order valence-electron chi connectivity index (χ4n) is 2.14. The number of hydrogen-bond acceptors (Lipinski definition) is 4. The van der Waals surface area contributed by atoms with E-state index in [9.17, 15) is 13.2 Å². The zero-order valence-corrected chi connectivity index (χ0v) is 10.3. The second kappa shape index (κ2) is 4.50. The van der Waals surface area contributed by atoms with Crippen molar-refractivity contribution in [3.8, 4) is 0 Å². The molecule has 1 amide bonds. The van der Waals surface area contributed by atoms with Crippen molar-refractivity contribution in [1.29, 1.82) is 0 Å². The van der Waals surface area contributed by atoms with Crippen molar-refractivity contribution in [3.05, 3.63) is 0 Å². The molecule has 0 aromatic rings. The molecule has 2 atom stereocenters. The van der Waals surface area contributed by atoms with Gasteiger partial charge in [-0.2, -0.15) is 0 Å². The van der Waals surface area contributed by atoms with E-state index in [1.54, 1.807) is 4.90 Å². The minimum absolute atomic E-state index is 0.0133. The summed E-state index contributed by atoms with van der Waals surface area (Å²) in [5.41, 5.74) is 0. The van der Waals surface area contributed by atoms with E-state index in [1.807, 2.05) is 0 Å². The van der Waals surface area contributed by atoms with Gasteiger partial charge in [0, 0.05) is 42.7 Å². The van der Waals surface area contributed by atoms with Gasteiger partial charge in [-0.05, 0) is 6.42 Å². The SMILES string of the molecule is O=C1CC(S(=O)(=O)Cl)CN1CC1CCOC1. The molecular weight excluding hydrogens is 254 g/mol. The van der Waals surface area contributed by atoms with E-state index in [0.29, 0.717) is 19.1 Å². The van der Waals surface area contributed by atoms with E-state index in [4.69, 9.17) is 15.4 Å². The third kappa shape index (κ3) is 2.67. The Morgan fingerprint density at radius 3 is 2.75 bits per heavy atom. The summed E-state index contributed by atoms with van der Waals surface area (Å²) in [6.07, 6.45) is 0.946. The van der Waals surface area contributed by atoms with Crippen LogP contribution in [0.2, 0.25) is 0 Å². The molecule has 0 aromatic carbocycles. The summed E-state index contributed by atoms with van der Waals surface area (Å²) in [7, 11) is 1.63. The van der Waals surface area contributed by atoms with Gasteiger partial charge in [-0.15, -0.1) is 0 Å². The van der Waals surface area contributed by atoms with Gasteiger partial charge in [0.1, 0.15) is 5.25 Å². The normalized spacial score (nSPS) is 31.3. The summed E-state index contributed by atoms with van der Waals surface area (Å²) in [6.45, 7) is 2.19. The van der Waals surface area contributed by atoms with E-state index in [0.717, 1.165) is 13.0 Å². The van der Waals surface area contributed by atoms with E-state index in [1.165, 1.54) is 0 Å². The Balaban J connectivity index is 1.94. The topological polar surface area (TPSA) is 63.7 Å². The third-order valence-corrected chi connectivity index (χ3v) is 4.95. The molecule has 7 heteroatoms. The molecular formula is C9H14ClNO4S. The molecule has 2 rings (SSSR count). The average Bonchev–Trinajstić information content (AvgIpc) is 2.76. The van der Waals surface area contributed by atoms with Crippen molar-refractivity contribution in [1.82, 2.24) is 4.90 Å². The van der Waals surface area contributed by atoms with E-state index in [2.05, 4.69) is 0 Å². The van der Waals surface area contributed by atoms with Crippen LogP contribution < -0.4 is 0 Å². The van der Waals surface area contributed by atoms with Crippen LogP contribution in [0.15, 0.2) is 0 Å². The summed E-state index contributed by atoms with van der Waals surface area (Å²) < 4.78 is 27.5. The maximum atomic E-state index is 11.6. The number of hydrogen-bond donors (Lipinski definition) is 0. The Morgan fingerprint density at radius 2 is 2.25 bits per heavy atom. The fourth-order valence-corrected chi connectivity index (χ4v) is 3.20. The average molecular weight is 268 g/mol. The molecule has 0 saturated carbocycles. The number of likely N-dealkylation sites (tertiary alicyclic amines) is 1. The zero-order chi connectivity index (χ0) is 11.8. The van der Waals surface area contributed by atoms with Crippen LogP contribution in [-0.2, 0) is 18.6 Å². The number of halogens is 1. The monoisotopic (exact) mass is 267 g/mol. The smallest absolute Gasteiger partial charge is 0.237 e. The first-order chi connectivity index (χ1) is 7.47. The Bertz CT molecular complexity index is 377. The van der Waals surface area contributed by atoms with Crippen LogP contribution in [0.25, 0.3) is 0 Å².